The molecule has 0 saturated heterocycles. The zero-order valence-corrected chi connectivity index (χ0v) is 27.4. The van der Waals surface area contributed by atoms with Gasteiger partial charge in [-0.25, -0.2) is 0 Å². The summed E-state index contributed by atoms with van der Waals surface area (Å²) in [5, 5.41) is 12.9. The molecule has 10 aromatic rings. The lowest BCUT2D eigenvalue weighted by atomic mass is 9.94. The summed E-state index contributed by atoms with van der Waals surface area (Å²) < 4.78 is 4.96. The number of benzene rings is 8. The molecule has 0 bridgehead atoms. The molecule has 0 N–H and O–H groups in total. The molecule has 2 heterocycles. The lowest BCUT2D eigenvalue weighted by Gasteiger charge is -2.18. The van der Waals surface area contributed by atoms with Gasteiger partial charge in [0.1, 0.15) is 0 Å². The first-order valence-electron chi connectivity index (χ1n) is 17.5. The van der Waals surface area contributed by atoms with Gasteiger partial charge in [0.15, 0.2) is 0 Å². The number of hydrogen-bond donors (Lipinski definition) is 0. The van der Waals surface area contributed by atoms with Crippen LogP contribution in [-0.4, -0.2) is 9.13 Å². The molecular formula is C48H32N2. The fourth-order valence-corrected chi connectivity index (χ4v) is 8.76. The van der Waals surface area contributed by atoms with Crippen LogP contribution in [0.4, 0.5) is 0 Å². The van der Waals surface area contributed by atoms with Gasteiger partial charge < -0.3 is 9.13 Å². The Hall–Kier alpha value is -6.38. The summed E-state index contributed by atoms with van der Waals surface area (Å²) >= 11 is 0. The van der Waals surface area contributed by atoms with Crippen molar-refractivity contribution in [1.29, 1.82) is 0 Å². The third-order valence-corrected chi connectivity index (χ3v) is 11.0. The Balaban J connectivity index is 1.11. The van der Waals surface area contributed by atoms with E-state index in [0.717, 1.165) is 6.42 Å². The molecule has 2 aromatic heterocycles. The van der Waals surface area contributed by atoms with Crippen molar-refractivity contribution in [2.75, 3.05) is 0 Å². The average Bonchev–Trinajstić information content (AvgIpc) is 3.70. The highest BCUT2D eigenvalue weighted by Crippen LogP contribution is 2.41. The Kier molecular flexibility index (Phi) is 5.82. The highest BCUT2D eigenvalue weighted by Gasteiger charge is 2.19. The van der Waals surface area contributed by atoms with Crippen LogP contribution in [0.15, 0.2) is 176 Å². The maximum atomic E-state index is 2.51. The Morgan fingerprint density at radius 3 is 1.54 bits per heavy atom. The van der Waals surface area contributed by atoms with Crippen molar-refractivity contribution < 1.29 is 0 Å². The van der Waals surface area contributed by atoms with Crippen LogP contribution in [0, 0.1) is 0 Å². The fourth-order valence-electron chi connectivity index (χ4n) is 8.76. The molecule has 0 amide bonds. The van der Waals surface area contributed by atoms with Gasteiger partial charge in [0.05, 0.1) is 17.1 Å². The number of allylic oxidation sites excluding steroid dienone is 4. The van der Waals surface area contributed by atoms with Crippen molar-refractivity contribution in [3.63, 3.8) is 0 Å². The first-order valence-corrected chi connectivity index (χ1v) is 17.5. The molecule has 50 heavy (non-hydrogen) atoms. The van der Waals surface area contributed by atoms with Crippen molar-refractivity contribution >= 4 is 75.9 Å². The third-order valence-electron chi connectivity index (χ3n) is 11.0. The van der Waals surface area contributed by atoms with Gasteiger partial charge in [-0.15, -0.1) is 0 Å². The van der Waals surface area contributed by atoms with Gasteiger partial charge in [-0.05, 0) is 98.4 Å². The Labute approximate surface area is 289 Å². The van der Waals surface area contributed by atoms with E-state index in [4.69, 9.17) is 0 Å². The molecule has 2 heteroatoms. The minimum Gasteiger partial charge on any atom is -0.333 e. The van der Waals surface area contributed by atoms with E-state index in [1.807, 2.05) is 0 Å². The first kappa shape index (κ1) is 27.6. The van der Waals surface area contributed by atoms with Crippen LogP contribution in [-0.2, 0) is 0 Å². The van der Waals surface area contributed by atoms with Crippen LogP contribution in [0.2, 0.25) is 0 Å². The molecule has 1 atom stereocenters. The van der Waals surface area contributed by atoms with E-state index in [0.29, 0.717) is 6.04 Å². The van der Waals surface area contributed by atoms with Crippen molar-refractivity contribution in [2.24, 2.45) is 0 Å². The molecule has 11 rings (SSSR count). The maximum Gasteiger partial charge on any atom is 0.0560 e. The quantitative estimate of drug-likeness (QED) is 0.171. The molecule has 0 aliphatic heterocycles. The second-order valence-electron chi connectivity index (χ2n) is 13.6. The lowest BCUT2D eigenvalue weighted by molar-refractivity contribution is 0.648. The Bertz CT molecular complexity index is 3040. The molecule has 8 aromatic carbocycles. The predicted octanol–water partition coefficient (Wildman–Crippen LogP) is 13.1. The smallest absolute Gasteiger partial charge is 0.0560 e. The molecule has 0 spiro atoms. The number of rotatable bonds is 3. The highest BCUT2D eigenvalue weighted by atomic mass is 15.0. The number of para-hydroxylation sites is 2. The van der Waals surface area contributed by atoms with E-state index in [1.165, 1.54) is 92.7 Å². The van der Waals surface area contributed by atoms with Gasteiger partial charge in [0.2, 0.25) is 0 Å². The van der Waals surface area contributed by atoms with Gasteiger partial charge in [-0.2, -0.15) is 0 Å². The second kappa shape index (κ2) is 10.6. The van der Waals surface area contributed by atoms with Gasteiger partial charge in [0, 0.05) is 38.3 Å². The predicted molar refractivity (Wildman–Crippen MR) is 214 cm³/mol. The van der Waals surface area contributed by atoms with Gasteiger partial charge >= 0.3 is 0 Å². The summed E-state index contributed by atoms with van der Waals surface area (Å²) in [7, 11) is 0. The van der Waals surface area contributed by atoms with E-state index in [9.17, 15) is 0 Å². The molecule has 1 unspecified atom stereocenters. The van der Waals surface area contributed by atoms with Crippen LogP contribution >= 0.6 is 0 Å². The average molecular weight is 637 g/mol. The molecular weight excluding hydrogens is 605 g/mol. The zero-order valence-electron chi connectivity index (χ0n) is 27.4. The van der Waals surface area contributed by atoms with Crippen LogP contribution < -0.4 is 0 Å². The summed E-state index contributed by atoms with van der Waals surface area (Å²) in [6.07, 6.45) is 9.93. The summed E-state index contributed by atoms with van der Waals surface area (Å²) in [5.41, 5.74) is 8.66. The van der Waals surface area contributed by atoms with Crippen LogP contribution in [0.3, 0.4) is 0 Å². The van der Waals surface area contributed by atoms with Crippen molar-refractivity contribution in [3.05, 3.63) is 176 Å². The third kappa shape index (κ3) is 3.90. The summed E-state index contributed by atoms with van der Waals surface area (Å²) in [4.78, 5) is 0. The SMILES string of the molecule is C1=CCC(n2c3ccccc3c3cc(-c4ccc5c(c4)c4ccccc4n5-c4ccc5c6ccccc6c6ccccc6c5c4)ccc32)C=C1. The largest absolute Gasteiger partial charge is 0.333 e. The minimum absolute atomic E-state index is 0.322. The van der Waals surface area contributed by atoms with Crippen LogP contribution in [0.5, 0.6) is 0 Å². The number of fused-ring (bicyclic) bond motifs is 12. The number of aromatic nitrogens is 2. The molecule has 0 radical (unpaired) electrons. The van der Waals surface area contributed by atoms with E-state index < -0.39 is 0 Å². The normalized spacial score (nSPS) is 14.8. The molecule has 234 valence electrons. The van der Waals surface area contributed by atoms with E-state index >= 15 is 0 Å². The number of nitrogens with zero attached hydrogens (tertiary/aromatic N) is 2. The molecule has 1 aliphatic carbocycles. The molecule has 2 nitrogen and oxygen atoms in total. The van der Waals surface area contributed by atoms with E-state index in [2.05, 4.69) is 185 Å². The van der Waals surface area contributed by atoms with Crippen molar-refractivity contribution in [1.82, 2.24) is 9.13 Å². The minimum atomic E-state index is 0.322. The lowest BCUT2D eigenvalue weighted by Crippen LogP contribution is -2.06. The van der Waals surface area contributed by atoms with Crippen molar-refractivity contribution in [2.45, 2.75) is 12.5 Å². The molecule has 0 saturated carbocycles. The van der Waals surface area contributed by atoms with Crippen molar-refractivity contribution in [3.8, 4) is 16.8 Å². The van der Waals surface area contributed by atoms with Crippen LogP contribution in [0.1, 0.15) is 12.5 Å². The molecule has 1 aliphatic rings. The summed E-state index contributed by atoms with van der Waals surface area (Å²) in [6, 6.07) is 56.7. The van der Waals surface area contributed by atoms with E-state index in [1.54, 1.807) is 0 Å². The maximum absolute atomic E-state index is 2.51. The van der Waals surface area contributed by atoms with Crippen LogP contribution in [0.25, 0.3) is 92.7 Å². The monoisotopic (exact) mass is 636 g/mol. The summed E-state index contributed by atoms with van der Waals surface area (Å²) in [6.45, 7) is 0. The number of hydrogen-bond acceptors (Lipinski definition) is 0. The van der Waals surface area contributed by atoms with E-state index in [-0.39, 0.29) is 0 Å². The Morgan fingerprint density at radius 1 is 0.380 bits per heavy atom. The van der Waals surface area contributed by atoms with Gasteiger partial charge in [-0.1, -0.05) is 127 Å². The van der Waals surface area contributed by atoms with Gasteiger partial charge in [0.25, 0.3) is 0 Å². The Morgan fingerprint density at radius 2 is 0.880 bits per heavy atom. The highest BCUT2D eigenvalue weighted by molar-refractivity contribution is 6.25. The topological polar surface area (TPSA) is 9.86 Å². The molecule has 0 fully saturated rings. The fraction of sp³-hybridized carbons (Fsp3) is 0.0417. The standard InChI is InChI=1S/C48H32N2/c1-2-12-33(13-3-1)49-45-20-10-8-18-40(45)43-28-31(22-26-47(43)49)32-23-27-48-44(29-32)41-19-9-11-21-46(41)50(48)34-24-25-39-37-16-5-4-14-35(37)36-15-6-7-17-38(36)42(39)30-34/h1-12,14-30,33H,13H2. The second-order valence-corrected chi connectivity index (χ2v) is 13.6. The summed E-state index contributed by atoms with van der Waals surface area (Å²) in [5.74, 6) is 0. The van der Waals surface area contributed by atoms with Gasteiger partial charge in [-0.3, -0.25) is 0 Å². The first-order chi connectivity index (χ1) is 24.8. The zero-order chi connectivity index (χ0) is 32.8.